The Morgan fingerprint density at radius 3 is 2.79 bits per heavy atom. The molecule has 1 heterocycles. The molecule has 0 radical (unpaired) electrons. The van der Waals surface area contributed by atoms with Crippen LogP contribution in [0.15, 0.2) is 24.3 Å². The third-order valence-electron chi connectivity index (χ3n) is 3.71. The highest BCUT2D eigenvalue weighted by Crippen LogP contribution is 2.17. The number of rotatable bonds is 6. The number of aliphatic hydroxyl groups is 1. The van der Waals surface area contributed by atoms with Crippen LogP contribution in [0.25, 0.3) is 0 Å². The Morgan fingerprint density at radius 2 is 2.11 bits per heavy atom. The number of hydrogen-bond acceptors (Lipinski definition) is 4. The Labute approximate surface area is 115 Å². The van der Waals surface area contributed by atoms with Crippen molar-refractivity contribution in [3.8, 4) is 5.75 Å². The van der Waals surface area contributed by atoms with Crippen LogP contribution in [-0.4, -0.2) is 42.9 Å². The molecule has 3 N–H and O–H groups in total. The zero-order valence-corrected chi connectivity index (χ0v) is 11.4. The molecule has 106 valence electrons. The van der Waals surface area contributed by atoms with E-state index >= 15 is 0 Å². The van der Waals surface area contributed by atoms with Crippen molar-refractivity contribution in [3.05, 3.63) is 24.3 Å². The summed E-state index contributed by atoms with van der Waals surface area (Å²) >= 11 is 0. The molecule has 1 aliphatic rings. The predicted molar refractivity (Wildman–Crippen MR) is 77.2 cm³/mol. The molecule has 0 aromatic heterocycles. The molecular weight excluding hydrogens is 240 g/mol. The molecule has 0 atom stereocenters. The lowest BCUT2D eigenvalue weighted by Gasteiger charge is -2.30. The van der Waals surface area contributed by atoms with Gasteiger partial charge in [-0.05, 0) is 50.4 Å². The van der Waals surface area contributed by atoms with E-state index < -0.39 is 0 Å². The van der Waals surface area contributed by atoms with Gasteiger partial charge in [0.1, 0.15) is 5.75 Å². The van der Waals surface area contributed by atoms with Crippen molar-refractivity contribution in [2.45, 2.75) is 19.3 Å². The van der Waals surface area contributed by atoms with Crippen molar-refractivity contribution in [3.63, 3.8) is 0 Å². The van der Waals surface area contributed by atoms with Crippen molar-refractivity contribution in [2.75, 3.05) is 38.6 Å². The molecule has 4 heteroatoms. The number of nitrogens with two attached hydrogens (primary N) is 1. The first kappa shape index (κ1) is 14.2. The summed E-state index contributed by atoms with van der Waals surface area (Å²) in [5.74, 6) is 1.36. The van der Waals surface area contributed by atoms with Crippen molar-refractivity contribution in [1.82, 2.24) is 4.90 Å². The molecule has 2 rings (SSSR count). The van der Waals surface area contributed by atoms with Crippen LogP contribution in [0, 0.1) is 5.92 Å². The highest BCUT2D eigenvalue weighted by molar-refractivity contribution is 5.43. The fourth-order valence-electron chi connectivity index (χ4n) is 2.48. The molecule has 1 aromatic rings. The fourth-order valence-corrected chi connectivity index (χ4v) is 2.48. The summed E-state index contributed by atoms with van der Waals surface area (Å²) in [7, 11) is 0. The van der Waals surface area contributed by atoms with Gasteiger partial charge in [-0.2, -0.15) is 0 Å². The maximum Gasteiger partial charge on any atom is 0.121 e. The van der Waals surface area contributed by atoms with E-state index in [2.05, 4.69) is 4.90 Å². The Kier molecular flexibility index (Phi) is 5.48. The lowest BCUT2D eigenvalue weighted by molar-refractivity contribution is 0.126. The third kappa shape index (κ3) is 4.73. The number of benzene rings is 1. The van der Waals surface area contributed by atoms with E-state index in [1.54, 1.807) is 0 Å². The molecule has 0 amide bonds. The maximum absolute atomic E-state index is 9.09. The van der Waals surface area contributed by atoms with Gasteiger partial charge < -0.3 is 20.5 Å². The van der Waals surface area contributed by atoms with Crippen LogP contribution in [0.1, 0.15) is 19.3 Å². The number of anilines is 1. The Hall–Kier alpha value is -1.26. The summed E-state index contributed by atoms with van der Waals surface area (Å²) in [5.41, 5.74) is 6.44. The SMILES string of the molecule is Nc1cccc(OCCCN2CCC(CO)CC2)c1. The molecule has 0 spiro atoms. The molecule has 4 nitrogen and oxygen atoms in total. The predicted octanol–water partition coefficient (Wildman–Crippen LogP) is 1.74. The summed E-state index contributed by atoms with van der Waals surface area (Å²) in [6.45, 7) is 4.34. The molecule has 0 bridgehead atoms. The van der Waals surface area contributed by atoms with E-state index in [4.69, 9.17) is 15.6 Å². The van der Waals surface area contributed by atoms with Gasteiger partial charge in [-0.25, -0.2) is 0 Å². The van der Waals surface area contributed by atoms with Crippen LogP contribution in [-0.2, 0) is 0 Å². The summed E-state index contributed by atoms with van der Waals surface area (Å²) in [5, 5.41) is 9.09. The van der Waals surface area contributed by atoms with Crippen molar-refractivity contribution >= 4 is 5.69 Å². The molecule has 1 aliphatic heterocycles. The summed E-state index contributed by atoms with van der Waals surface area (Å²) in [4.78, 5) is 2.45. The highest BCUT2D eigenvalue weighted by Gasteiger charge is 2.17. The number of aliphatic hydroxyl groups excluding tert-OH is 1. The van der Waals surface area contributed by atoms with Gasteiger partial charge in [0.25, 0.3) is 0 Å². The van der Waals surface area contributed by atoms with Crippen molar-refractivity contribution in [2.24, 2.45) is 5.92 Å². The van der Waals surface area contributed by atoms with Crippen LogP contribution in [0.4, 0.5) is 5.69 Å². The van der Waals surface area contributed by atoms with Gasteiger partial charge in [0.2, 0.25) is 0 Å². The summed E-state index contributed by atoms with van der Waals surface area (Å²) < 4.78 is 5.67. The first-order valence-electron chi connectivity index (χ1n) is 7.09. The molecule has 1 saturated heterocycles. The molecule has 19 heavy (non-hydrogen) atoms. The van der Waals surface area contributed by atoms with Crippen LogP contribution in [0.5, 0.6) is 5.75 Å². The van der Waals surface area contributed by atoms with E-state index in [9.17, 15) is 0 Å². The molecule has 0 unspecified atom stereocenters. The van der Waals surface area contributed by atoms with E-state index in [1.807, 2.05) is 24.3 Å². The second-order valence-corrected chi connectivity index (χ2v) is 5.24. The first-order valence-corrected chi connectivity index (χ1v) is 7.09. The highest BCUT2D eigenvalue weighted by atomic mass is 16.5. The average molecular weight is 264 g/mol. The second kappa shape index (κ2) is 7.36. The fraction of sp³-hybridized carbons (Fsp3) is 0.600. The monoisotopic (exact) mass is 264 g/mol. The van der Waals surface area contributed by atoms with Crippen LogP contribution in [0.2, 0.25) is 0 Å². The minimum atomic E-state index is 0.340. The smallest absolute Gasteiger partial charge is 0.121 e. The average Bonchev–Trinajstić information content (AvgIpc) is 2.44. The summed E-state index contributed by atoms with van der Waals surface area (Å²) in [6, 6.07) is 7.55. The van der Waals surface area contributed by atoms with Gasteiger partial charge in [-0.1, -0.05) is 6.07 Å². The van der Waals surface area contributed by atoms with E-state index in [-0.39, 0.29) is 0 Å². The number of piperidine rings is 1. The van der Waals surface area contributed by atoms with Crippen LogP contribution < -0.4 is 10.5 Å². The van der Waals surface area contributed by atoms with Crippen molar-refractivity contribution in [1.29, 1.82) is 0 Å². The number of hydrogen-bond donors (Lipinski definition) is 2. The zero-order valence-electron chi connectivity index (χ0n) is 11.4. The van der Waals surface area contributed by atoms with Gasteiger partial charge in [0.15, 0.2) is 0 Å². The number of nitrogen functional groups attached to an aromatic ring is 1. The number of ether oxygens (including phenoxy) is 1. The topological polar surface area (TPSA) is 58.7 Å². The Morgan fingerprint density at radius 1 is 1.32 bits per heavy atom. The quantitative estimate of drug-likeness (QED) is 0.607. The lowest BCUT2D eigenvalue weighted by Crippen LogP contribution is -2.35. The van der Waals surface area contributed by atoms with Gasteiger partial charge in [0.05, 0.1) is 6.61 Å². The number of nitrogens with zero attached hydrogens (tertiary/aromatic N) is 1. The summed E-state index contributed by atoms with van der Waals surface area (Å²) in [6.07, 6.45) is 3.26. The molecular formula is C15H24N2O2. The molecule has 0 aliphatic carbocycles. The van der Waals surface area contributed by atoms with E-state index in [0.717, 1.165) is 56.9 Å². The molecule has 1 aromatic carbocycles. The van der Waals surface area contributed by atoms with Gasteiger partial charge in [-0.3, -0.25) is 0 Å². The Bertz CT molecular complexity index is 376. The minimum absolute atomic E-state index is 0.340. The standard InChI is InChI=1S/C15H24N2O2/c16-14-3-1-4-15(11-14)19-10-2-7-17-8-5-13(12-18)6-9-17/h1,3-4,11,13,18H,2,5-10,12,16H2. The Balaban J connectivity index is 1.60. The number of likely N-dealkylation sites (tertiary alicyclic amines) is 1. The molecule has 1 fully saturated rings. The van der Waals surface area contributed by atoms with Gasteiger partial charge >= 0.3 is 0 Å². The van der Waals surface area contributed by atoms with E-state index in [1.165, 1.54) is 0 Å². The maximum atomic E-state index is 9.09. The first-order chi connectivity index (χ1) is 9.28. The third-order valence-corrected chi connectivity index (χ3v) is 3.71. The van der Waals surface area contributed by atoms with Gasteiger partial charge in [-0.15, -0.1) is 0 Å². The van der Waals surface area contributed by atoms with Crippen LogP contribution in [0.3, 0.4) is 0 Å². The molecule has 0 saturated carbocycles. The second-order valence-electron chi connectivity index (χ2n) is 5.24. The normalized spacial score (nSPS) is 17.5. The lowest BCUT2D eigenvalue weighted by atomic mass is 9.98. The van der Waals surface area contributed by atoms with E-state index in [0.29, 0.717) is 12.5 Å². The largest absolute Gasteiger partial charge is 0.493 e. The minimum Gasteiger partial charge on any atom is -0.493 e. The van der Waals surface area contributed by atoms with Crippen LogP contribution >= 0.6 is 0 Å². The van der Waals surface area contributed by atoms with Gasteiger partial charge in [0, 0.05) is 24.9 Å². The van der Waals surface area contributed by atoms with Crippen molar-refractivity contribution < 1.29 is 9.84 Å². The zero-order chi connectivity index (χ0) is 13.5.